The topological polar surface area (TPSA) is 55.8 Å². The largest absolute Gasteiger partial charge is 0.394 e. The summed E-state index contributed by atoms with van der Waals surface area (Å²) in [6, 6.07) is 0. The quantitative estimate of drug-likeness (QED) is 0.548. The van der Waals surface area contributed by atoms with Crippen LogP contribution in [-0.4, -0.2) is 31.5 Å². The van der Waals surface area contributed by atoms with E-state index in [1.165, 1.54) is 0 Å². The highest BCUT2D eigenvalue weighted by molar-refractivity contribution is 8.05. The molecule has 0 rings (SSSR count). The fraction of sp³-hybridized carbons (Fsp3) is 1.00. The number of halogens is 2. The standard InChI is InChI=1S/C4H9Cl2O4P/c5-11(6,8)10-4-3-9-2-1-7/h7H,1-4H2. The smallest absolute Gasteiger partial charge is 0.380 e. The number of ether oxygens (including phenoxy) is 1. The molecule has 0 radical (unpaired) electrons. The Kier molecular flexibility index (Phi) is 6.62. The second-order valence-corrected chi connectivity index (χ2v) is 5.86. The summed E-state index contributed by atoms with van der Waals surface area (Å²) in [5.74, 6) is 0. The van der Waals surface area contributed by atoms with Crippen molar-refractivity contribution in [2.24, 2.45) is 0 Å². The molecule has 0 atom stereocenters. The molecule has 0 saturated heterocycles. The lowest BCUT2D eigenvalue weighted by Gasteiger charge is -2.03. The van der Waals surface area contributed by atoms with Crippen molar-refractivity contribution in [3.05, 3.63) is 0 Å². The van der Waals surface area contributed by atoms with Crippen molar-refractivity contribution in [1.82, 2.24) is 0 Å². The highest BCUT2D eigenvalue weighted by atomic mass is 35.9. The molecule has 0 bridgehead atoms. The van der Waals surface area contributed by atoms with Gasteiger partial charge in [0.2, 0.25) is 0 Å². The van der Waals surface area contributed by atoms with Gasteiger partial charge in [-0.05, 0) is 22.5 Å². The van der Waals surface area contributed by atoms with Crippen LogP contribution in [0.2, 0.25) is 0 Å². The van der Waals surface area contributed by atoms with Crippen LogP contribution < -0.4 is 0 Å². The molecule has 0 fully saturated rings. The van der Waals surface area contributed by atoms with Gasteiger partial charge in [-0.15, -0.1) is 0 Å². The predicted molar refractivity (Wildman–Crippen MR) is 43.2 cm³/mol. The van der Waals surface area contributed by atoms with Gasteiger partial charge >= 0.3 is 6.07 Å². The van der Waals surface area contributed by atoms with Crippen molar-refractivity contribution < 1.29 is 18.9 Å². The van der Waals surface area contributed by atoms with Crippen molar-refractivity contribution in [1.29, 1.82) is 0 Å². The fourth-order valence-electron chi connectivity index (χ4n) is 0.369. The van der Waals surface area contributed by atoms with Crippen LogP contribution >= 0.6 is 28.6 Å². The molecule has 0 spiro atoms. The molecule has 0 heterocycles. The van der Waals surface area contributed by atoms with Gasteiger partial charge in [0.25, 0.3) is 0 Å². The molecule has 0 aromatic heterocycles. The third kappa shape index (κ3) is 10.7. The van der Waals surface area contributed by atoms with Gasteiger partial charge in [-0.1, -0.05) is 0 Å². The van der Waals surface area contributed by atoms with Gasteiger partial charge in [-0.3, -0.25) is 4.57 Å². The third-order valence-corrected chi connectivity index (χ3v) is 1.77. The first-order valence-corrected chi connectivity index (χ1v) is 6.32. The minimum atomic E-state index is -3.41. The second kappa shape index (κ2) is 6.23. The summed E-state index contributed by atoms with van der Waals surface area (Å²) in [5.41, 5.74) is 0. The molecular formula is C4H9Cl2O4P. The zero-order chi connectivity index (χ0) is 8.74. The lowest BCUT2D eigenvalue weighted by molar-refractivity contribution is 0.0725. The average molecular weight is 223 g/mol. The molecule has 11 heavy (non-hydrogen) atoms. The summed E-state index contributed by atoms with van der Waals surface area (Å²) < 4.78 is 19.7. The van der Waals surface area contributed by atoms with Crippen LogP contribution in [0.4, 0.5) is 0 Å². The van der Waals surface area contributed by atoms with Crippen molar-refractivity contribution in [2.75, 3.05) is 26.4 Å². The monoisotopic (exact) mass is 222 g/mol. The summed E-state index contributed by atoms with van der Waals surface area (Å²) in [4.78, 5) is 0. The van der Waals surface area contributed by atoms with Gasteiger partial charge in [0.05, 0.1) is 26.4 Å². The predicted octanol–water partition coefficient (Wildman–Crippen LogP) is 1.60. The van der Waals surface area contributed by atoms with E-state index in [9.17, 15) is 4.57 Å². The van der Waals surface area contributed by atoms with Gasteiger partial charge in [0, 0.05) is 0 Å². The summed E-state index contributed by atoms with van der Waals surface area (Å²) in [6.45, 7) is 0.436. The Bertz CT molecular complexity index is 136. The van der Waals surface area contributed by atoms with Crippen LogP contribution in [0.25, 0.3) is 0 Å². The molecule has 0 amide bonds. The Morgan fingerprint density at radius 3 is 2.36 bits per heavy atom. The fourth-order valence-corrected chi connectivity index (χ4v) is 1.07. The summed E-state index contributed by atoms with van der Waals surface area (Å²) in [6.07, 6.45) is -3.41. The van der Waals surface area contributed by atoms with Crippen LogP contribution in [0.5, 0.6) is 0 Å². The van der Waals surface area contributed by atoms with Crippen LogP contribution in [0, 0.1) is 0 Å². The third-order valence-electron chi connectivity index (χ3n) is 0.705. The SMILES string of the molecule is O=P(Cl)(Cl)OCCOCCO. The van der Waals surface area contributed by atoms with E-state index in [0.717, 1.165) is 0 Å². The normalized spacial score (nSPS) is 11.9. The van der Waals surface area contributed by atoms with E-state index in [1.807, 2.05) is 0 Å². The molecule has 7 heteroatoms. The lowest BCUT2D eigenvalue weighted by Crippen LogP contribution is -2.04. The van der Waals surface area contributed by atoms with Crippen molar-refractivity contribution in [3.63, 3.8) is 0 Å². The number of hydrogen-bond acceptors (Lipinski definition) is 4. The molecule has 0 aliphatic rings. The van der Waals surface area contributed by atoms with Crippen molar-refractivity contribution in [3.8, 4) is 0 Å². The molecule has 0 aliphatic carbocycles. The number of rotatable bonds is 6. The second-order valence-electron chi connectivity index (χ2n) is 1.58. The van der Waals surface area contributed by atoms with Crippen molar-refractivity contribution in [2.45, 2.75) is 0 Å². The Morgan fingerprint density at radius 1 is 1.27 bits per heavy atom. The van der Waals surface area contributed by atoms with Gasteiger partial charge in [-0.2, -0.15) is 0 Å². The summed E-state index contributed by atoms with van der Waals surface area (Å²) in [5, 5.41) is 8.25. The first kappa shape index (κ1) is 11.7. The van der Waals surface area contributed by atoms with Crippen LogP contribution in [0.3, 0.4) is 0 Å². The maximum absolute atomic E-state index is 10.5. The minimum absolute atomic E-state index is 0.0561. The zero-order valence-electron chi connectivity index (χ0n) is 5.70. The highest BCUT2D eigenvalue weighted by Crippen LogP contribution is 2.57. The average Bonchev–Trinajstić information content (AvgIpc) is 1.85. The van der Waals surface area contributed by atoms with E-state index >= 15 is 0 Å². The zero-order valence-corrected chi connectivity index (χ0v) is 8.11. The molecule has 68 valence electrons. The maximum atomic E-state index is 10.5. The molecule has 4 nitrogen and oxygen atoms in total. The van der Waals surface area contributed by atoms with Crippen LogP contribution in [0.1, 0.15) is 0 Å². The maximum Gasteiger partial charge on any atom is 0.380 e. The first-order chi connectivity index (χ1) is 5.06. The van der Waals surface area contributed by atoms with Gasteiger partial charge in [-0.25, -0.2) is 0 Å². The highest BCUT2D eigenvalue weighted by Gasteiger charge is 2.12. The molecule has 0 saturated carbocycles. The van der Waals surface area contributed by atoms with Gasteiger partial charge in [0.1, 0.15) is 0 Å². The van der Waals surface area contributed by atoms with Gasteiger partial charge in [0.15, 0.2) is 0 Å². The first-order valence-electron chi connectivity index (χ1n) is 2.89. The Hall–Kier alpha value is 0.690. The Morgan fingerprint density at radius 2 is 1.91 bits per heavy atom. The lowest BCUT2D eigenvalue weighted by atomic mass is 10.7. The summed E-state index contributed by atoms with van der Waals surface area (Å²) >= 11 is 10.1. The van der Waals surface area contributed by atoms with E-state index in [0.29, 0.717) is 0 Å². The molecule has 0 aromatic carbocycles. The van der Waals surface area contributed by atoms with Crippen LogP contribution in [0.15, 0.2) is 0 Å². The Balaban J connectivity index is 3.09. The van der Waals surface area contributed by atoms with Crippen LogP contribution in [-0.2, 0) is 13.8 Å². The number of aliphatic hydroxyl groups is 1. The van der Waals surface area contributed by atoms with E-state index in [2.05, 4.69) is 4.52 Å². The summed E-state index contributed by atoms with van der Waals surface area (Å²) in [7, 11) is 0. The molecule has 0 unspecified atom stereocenters. The van der Waals surface area contributed by atoms with Gasteiger partial charge < -0.3 is 14.4 Å². The van der Waals surface area contributed by atoms with Crippen molar-refractivity contribution >= 4 is 28.6 Å². The Labute approximate surface area is 74.4 Å². The molecular weight excluding hydrogens is 214 g/mol. The minimum Gasteiger partial charge on any atom is -0.394 e. The van der Waals surface area contributed by atoms with E-state index in [1.54, 1.807) is 0 Å². The number of aliphatic hydroxyl groups excluding tert-OH is 1. The molecule has 1 N–H and O–H groups in total. The molecule has 0 aliphatic heterocycles. The van der Waals surface area contributed by atoms with E-state index in [4.69, 9.17) is 32.3 Å². The number of hydrogen-bond donors (Lipinski definition) is 1. The molecule has 0 aromatic rings. The van der Waals surface area contributed by atoms with E-state index in [-0.39, 0.29) is 26.4 Å². The van der Waals surface area contributed by atoms with E-state index < -0.39 is 6.07 Å².